The van der Waals surface area contributed by atoms with Crippen molar-refractivity contribution in [3.63, 3.8) is 0 Å². The topological polar surface area (TPSA) is 77.8 Å². The number of allylic oxidation sites excluding steroid dienone is 4. The molecule has 4 heteroatoms. The summed E-state index contributed by atoms with van der Waals surface area (Å²) >= 11 is 0. The molecule has 0 aliphatic heterocycles. The SMILES string of the molecule is CCCCC/C=C\C/C=C\CCCCCCCC(=O)C(O)(CO)C(O)=Cc1ccccc1. The fourth-order valence-corrected chi connectivity index (χ4v) is 3.44. The van der Waals surface area contributed by atoms with Crippen molar-refractivity contribution in [3.05, 3.63) is 66.0 Å². The smallest absolute Gasteiger partial charge is 0.202 e. The van der Waals surface area contributed by atoms with Crippen molar-refractivity contribution >= 4 is 11.9 Å². The van der Waals surface area contributed by atoms with Crippen LogP contribution in [0.4, 0.5) is 0 Å². The molecule has 0 aliphatic rings. The molecule has 4 nitrogen and oxygen atoms in total. The number of aliphatic hydroxyl groups is 3. The van der Waals surface area contributed by atoms with E-state index in [0.717, 1.165) is 38.5 Å². The van der Waals surface area contributed by atoms with Crippen LogP contribution in [0.2, 0.25) is 0 Å². The van der Waals surface area contributed by atoms with Crippen LogP contribution in [0.1, 0.15) is 89.5 Å². The number of ketones is 1. The minimum Gasteiger partial charge on any atom is -0.509 e. The van der Waals surface area contributed by atoms with Gasteiger partial charge < -0.3 is 15.3 Å². The molecule has 0 bridgehead atoms. The normalized spacial score (nSPS) is 14.3. The molecular formula is C28H42O4. The van der Waals surface area contributed by atoms with E-state index in [0.29, 0.717) is 12.0 Å². The number of unbranched alkanes of at least 4 members (excludes halogenated alkanes) is 8. The molecule has 1 unspecified atom stereocenters. The van der Waals surface area contributed by atoms with Crippen molar-refractivity contribution in [2.45, 2.75) is 89.6 Å². The zero-order valence-electron chi connectivity index (χ0n) is 19.7. The lowest BCUT2D eigenvalue weighted by Crippen LogP contribution is -2.44. The third-order valence-electron chi connectivity index (χ3n) is 5.57. The Labute approximate surface area is 194 Å². The molecule has 0 aliphatic carbocycles. The number of rotatable bonds is 18. The minimum absolute atomic E-state index is 0.133. The van der Waals surface area contributed by atoms with Gasteiger partial charge in [0.05, 0.1) is 6.61 Å². The number of carbonyl (C=O) groups is 1. The first-order chi connectivity index (χ1) is 15.5. The summed E-state index contributed by atoms with van der Waals surface area (Å²) in [6.45, 7) is 1.39. The zero-order valence-corrected chi connectivity index (χ0v) is 19.7. The van der Waals surface area contributed by atoms with Crippen LogP contribution in [0.3, 0.4) is 0 Å². The number of hydrogen-bond acceptors (Lipinski definition) is 4. The molecule has 3 N–H and O–H groups in total. The van der Waals surface area contributed by atoms with Crippen LogP contribution in [0.15, 0.2) is 60.4 Å². The Hall–Kier alpha value is -2.17. The molecule has 1 rings (SSSR count). The third kappa shape index (κ3) is 11.4. The Bertz CT molecular complexity index is 705. The van der Waals surface area contributed by atoms with Crippen LogP contribution in [0.5, 0.6) is 0 Å². The van der Waals surface area contributed by atoms with Crippen molar-refractivity contribution in [1.29, 1.82) is 0 Å². The van der Waals surface area contributed by atoms with Gasteiger partial charge in [-0.3, -0.25) is 4.79 Å². The molecule has 178 valence electrons. The maximum Gasteiger partial charge on any atom is 0.202 e. The van der Waals surface area contributed by atoms with Gasteiger partial charge in [0, 0.05) is 6.42 Å². The van der Waals surface area contributed by atoms with Gasteiger partial charge in [0.1, 0.15) is 5.76 Å². The largest absolute Gasteiger partial charge is 0.509 e. The van der Waals surface area contributed by atoms with Crippen molar-refractivity contribution in [2.75, 3.05) is 6.61 Å². The van der Waals surface area contributed by atoms with E-state index in [2.05, 4.69) is 31.2 Å². The summed E-state index contributed by atoms with van der Waals surface area (Å²) in [5.74, 6) is -1.06. The van der Waals surface area contributed by atoms with Crippen LogP contribution in [0.25, 0.3) is 6.08 Å². The van der Waals surface area contributed by atoms with Gasteiger partial charge in [0.2, 0.25) is 5.60 Å². The highest BCUT2D eigenvalue weighted by Gasteiger charge is 2.39. The van der Waals surface area contributed by atoms with Crippen LogP contribution < -0.4 is 0 Å². The summed E-state index contributed by atoms with van der Waals surface area (Å²) in [6, 6.07) is 8.92. The predicted molar refractivity (Wildman–Crippen MR) is 133 cm³/mol. The van der Waals surface area contributed by atoms with E-state index >= 15 is 0 Å². The molecule has 0 saturated carbocycles. The fraction of sp³-hybridized carbons (Fsp3) is 0.536. The standard InChI is InChI=1S/C28H42O4/c1-2-3-4-5-6-7-8-9-10-11-12-13-14-15-19-22-26(30)28(32,24-29)27(31)23-25-20-17-16-18-21-25/h6-7,9-10,16-18,20-21,23,29,31-32H,2-5,8,11-15,19,22,24H2,1H3/b7-6-,10-9-,27-23?. The van der Waals surface area contributed by atoms with Crippen molar-refractivity contribution in [2.24, 2.45) is 0 Å². The van der Waals surface area contributed by atoms with E-state index in [1.807, 2.05) is 6.07 Å². The average Bonchev–Trinajstić information content (AvgIpc) is 2.81. The Morgan fingerprint density at radius 1 is 0.875 bits per heavy atom. The van der Waals surface area contributed by atoms with Gasteiger partial charge in [-0.25, -0.2) is 0 Å². The highest BCUT2D eigenvalue weighted by atomic mass is 16.4. The lowest BCUT2D eigenvalue weighted by atomic mass is 9.91. The maximum absolute atomic E-state index is 12.4. The Morgan fingerprint density at radius 3 is 2.09 bits per heavy atom. The second-order valence-corrected chi connectivity index (χ2v) is 8.36. The van der Waals surface area contributed by atoms with Crippen molar-refractivity contribution < 1.29 is 20.1 Å². The van der Waals surface area contributed by atoms with Crippen LogP contribution in [-0.2, 0) is 4.79 Å². The van der Waals surface area contributed by atoms with E-state index in [-0.39, 0.29) is 6.42 Å². The first-order valence-corrected chi connectivity index (χ1v) is 12.2. The van der Waals surface area contributed by atoms with E-state index in [4.69, 9.17) is 0 Å². The highest BCUT2D eigenvalue weighted by Crippen LogP contribution is 2.22. The summed E-state index contributed by atoms with van der Waals surface area (Å²) in [6.07, 6.45) is 22.4. The number of benzene rings is 1. The monoisotopic (exact) mass is 442 g/mol. The molecule has 0 radical (unpaired) electrons. The molecule has 0 amide bonds. The number of carbonyl (C=O) groups excluding carboxylic acids is 1. The second-order valence-electron chi connectivity index (χ2n) is 8.36. The van der Waals surface area contributed by atoms with Gasteiger partial charge in [-0.1, -0.05) is 93.7 Å². The molecule has 0 saturated heterocycles. The van der Waals surface area contributed by atoms with Gasteiger partial charge in [-0.2, -0.15) is 0 Å². The minimum atomic E-state index is -2.23. The quantitative estimate of drug-likeness (QED) is 0.134. The van der Waals surface area contributed by atoms with Crippen LogP contribution >= 0.6 is 0 Å². The summed E-state index contributed by atoms with van der Waals surface area (Å²) in [5.41, 5.74) is -1.58. The lowest BCUT2D eigenvalue weighted by molar-refractivity contribution is -0.140. The molecule has 1 atom stereocenters. The Balaban J connectivity index is 2.19. The zero-order chi connectivity index (χ0) is 23.5. The van der Waals surface area contributed by atoms with Gasteiger partial charge in [0.15, 0.2) is 5.78 Å². The van der Waals surface area contributed by atoms with Crippen LogP contribution in [-0.4, -0.2) is 33.3 Å². The number of Topliss-reactive ketones (excluding diaryl/α,β-unsaturated/α-hetero) is 1. The van der Waals surface area contributed by atoms with Gasteiger partial charge in [-0.15, -0.1) is 0 Å². The van der Waals surface area contributed by atoms with E-state index in [1.54, 1.807) is 24.3 Å². The third-order valence-corrected chi connectivity index (χ3v) is 5.57. The molecule has 32 heavy (non-hydrogen) atoms. The summed E-state index contributed by atoms with van der Waals surface area (Å²) in [5, 5.41) is 30.3. The van der Waals surface area contributed by atoms with Crippen molar-refractivity contribution in [3.8, 4) is 0 Å². The van der Waals surface area contributed by atoms with Gasteiger partial charge in [-0.05, 0) is 50.2 Å². The molecule has 1 aromatic carbocycles. The lowest BCUT2D eigenvalue weighted by Gasteiger charge is -2.23. The summed E-state index contributed by atoms with van der Waals surface area (Å²) in [7, 11) is 0. The van der Waals surface area contributed by atoms with Crippen molar-refractivity contribution in [1.82, 2.24) is 0 Å². The van der Waals surface area contributed by atoms with E-state index < -0.39 is 23.8 Å². The Morgan fingerprint density at radius 2 is 1.47 bits per heavy atom. The molecular weight excluding hydrogens is 400 g/mol. The van der Waals surface area contributed by atoms with Crippen LogP contribution in [0, 0.1) is 0 Å². The molecule has 0 heterocycles. The van der Waals surface area contributed by atoms with Gasteiger partial charge in [0.25, 0.3) is 0 Å². The second kappa shape index (κ2) is 17.4. The number of aliphatic hydroxyl groups excluding tert-OH is 2. The average molecular weight is 443 g/mol. The predicted octanol–water partition coefficient (Wildman–Crippen LogP) is 6.69. The first kappa shape index (κ1) is 27.9. The summed E-state index contributed by atoms with van der Waals surface area (Å²) in [4.78, 5) is 12.4. The molecule has 0 fully saturated rings. The van der Waals surface area contributed by atoms with E-state index in [9.17, 15) is 20.1 Å². The summed E-state index contributed by atoms with van der Waals surface area (Å²) < 4.78 is 0. The van der Waals surface area contributed by atoms with E-state index in [1.165, 1.54) is 31.8 Å². The molecule has 0 aromatic heterocycles. The highest BCUT2D eigenvalue weighted by molar-refractivity contribution is 5.91. The van der Waals surface area contributed by atoms with Gasteiger partial charge >= 0.3 is 0 Å². The fourth-order valence-electron chi connectivity index (χ4n) is 3.44. The number of hydrogen-bond donors (Lipinski definition) is 3. The molecule has 0 spiro atoms. The Kier molecular flexibility index (Phi) is 15.1. The maximum atomic E-state index is 12.4. The first-order valence-electron chi connectivity index (χ1n) is 12.2. The molecule has 1 aromatic rings.